The molecule has 0 aliphatic rings. The molecule has 0 amide bonds. The van der Waals surface area contributed by atoms with E-state index in [1.54, 1.807) is 7.11 Å². The second-order valence-electron chi connectivity index (χ2n) is 5.01. The fraction of sp³-hybridized carbons (Fsp3) is 0.625. The zero-order valence-corrected chi connectivity index (χ0v) is 14.6. The number of methoxy groups -OCH3 is 1. The van der Waals surface area contributed by atoms with Crippen LogP contribution in [0.15, 0.2) is 28.7 Å². The van der Waals surface area contributed by atoms with Crippen LogP contribution >= 0.6 is 15.9 Å². The van der Waals surface area contributed by atoms with Gasteiger partial charge in [0.05, 0.1) is 13.2 Å². The molecule has 4 nitrogen and oxygen atoms in total. The van der Waals surface area contributed by atoms with E-state index in [1.807, 2.05) is 6.07 Å². The van der Waals surface area contributed by atoms with Gasteiger partial charge in [-0.1, -0.05) is 35.0 Å². The molecule has 120 valence electrons. The molecule has 0 heterocycles. The van der Waals surface area contributed by atoms with Crippen molar-refractivity contribution in [2.75, 3.05) is 46.5 Å². The minimum Gasteiger partial charge on any atom is -0.395 e. The van der Waals surface area contributed by atoms with Gasteiger partial charge in [0.1, 0.15) is 0 Å². The number of rotatable bonds is 11. The van der Waals surface area contributed by atoms with Crippen molar-refractivity contribution in [1.29, 1.82) is 0 Å². The number of nitrogens with one attached hydrogen (secondary N) is 1. The number of ether oxygens (including phenoxy) is 1. The van der Waals surface area contributed by atoms with Crippen molar-refractivity contribution in [2.45, 2.75) is 19.4 Å². The van der Waals surface area contributed by atoms with E-state index in [1.165, 1.54) is 5.56 Å². The number of hydrogen-bond donors (Lipinski definition) is 2. The molecule has 0 saturated heterocycles. The Kier molecular flexibility index (Phi) is 9.87. The third-order valence-corrected chi connectivity index (χ3v) is 3.96. The van der Waals surface area contributed by atoms with Crippen molar-refractivity contribution in [1.82, 2.24) is 10.2 Å². The molecule has 0 radical (unpaired) electrons. The summed E-state index contributed by atoms with van der Waals surface area (Å²) >= 11 is 3.53. The van der Waals surface area contributed by atoms with E-state index >= 15 is 0 Å². The highest BCUT2D eigenvalue weighted by molar-refractivity contribution is 9.10. The van der Waals surface area contributed by atoms with Crippen molar-refractivity contribution >= 4 is 15.9 Å². The first kappa shape index (κ1) is 18.6. The molecule has 0 bridgehead atoms. The molecule has 0 aromatic heterocycles. The summed E-state index contributed by atoms with van der Waals surface area (Å²) < 4.78 is 6.23. The number of aliphatic hydroxyl groups excluding tert-OH is 1. The molecule has 0 fully saturated rings. The summed E-state index contributed by atoms with van der Waals surface area (Å²) in [5.41, 5.74) is 1.29. The molecule has 1 unspecified atom stereocenters. The van der Waals surface area contributed by atoms with Gasteiger partial charge >= 0.3 is 0 Å². The van der Waals surface area contributed by atoms with E-state index in [4.69, 9.17) is 9.84 Å². The fourth-order valence-electron chi connectivity index (χ4n) is 2.37. The highest BCUT2D eigenvalue weighted by Gasteiger charge is 2.13. The quantitative estimate of drug-likeness (QED) is 0.637. The maximum absolute atomic E-state index is 9.15. The molecule has 2 N–H and O–H groups in total. The lowest BCUT2D eigenvalue weighted by atomic mass is 10.0. The monoisotopic (exact) mass is 358 g/mol. The van der Waals surface area contributed by atoms with Gasteiger partial charge in [-0.2, -0.15) is 0 Å². The van der Waals surface area contributed by atoms with E-state index in [0.717, 1.165) is 30.5 Å². The molecule has 0 saturated carbocycles. The number of aliphatic hydroxyl groups is 1. The predicted octanol–water partition coefficient (Wildman–Crippen LogP) is 2.43. The van der Waals surface area contributed by atoms with Crippen molar-refractivity contribution in [2.24, 2.45) is 0 Å². The first-order valence-electron chi connectivity index (χ1n) is 7.52. The van der Waals surface area contributed by atoms with Crippen molar-refractivity contribution in [3.05, 3.63) is 34.3 Å². The maximum atomic E-state index is 9.15. The Morgan fingerprint density at radius 2 is 2.14 bits per heavy atom. The summed E-state index contributed by atoms with van der Waals surface area (Å²) in [6.07, 6.45) is 1.01. The van der Waals surface area contributed by atoms with E-state index in [2.05, 4.69) is 51.3 Å². The summed E-state index contributed by atoms with van der Waals surface area (Å²) in [6, 6.07) is 8.77. The largest absolute Gasteiger partial charge is 0.395 e. The molecule has 1 aromatic carbocycles. The topological polar surface area (TPSA) is 44.7 Å². The SMILES string of the molecule is CCNC(CCN(CCO)CCOC)c1cccc(Br)c1. The van der Waals surface area contributed by atoms with Gasteiger partial charge in [-0.3, -0.25) is 4.90 Å². The molecular weight excluding hydrogens is 332 g/mol. The van der Waals surface area contributed by atoms with Crippen LogP contribution in [0, 0.1) is 0 Å². The molecule has 21 heavy (non-hydrogen) atoms. The molecule has 0 spiro atoms. The number of benzene rings is 1. The van der Waals surface area contributed by atoms with Gasteiger partial charge in [0.2, 0.25) is 0 Å². The van der Waals surface area contributed by atoms with Crippen LogP contribution in [0.1, 0.15) is 24.9 Å². The summed E-state index contributed by atoms with van der Waals surface area (Å²) in [5.74, 6) is 0. The van der Waals surface area contributed by atoms with E-state index < -0.39 is 0 Å². The van der Waals surface area contributed by atoms with Gasteiger partial charge in [-0.25, -0.2) is 0 Å². The minimum absolute atomic E-state index is 0.187. The van der Waals surface area contributed by atoms with Crippen LogP contribution in [0.4, 0.5) is 0 Å². The summed E-state index contributed by atoms with van der Waals surface area (Å²) in [4.78, 5) is 2.24. The molecule has 1 aromatic rings. The molecule has 0 aliphatic carbocycles. The lowest BCUT2D eigenvalue weighted by molar-refractivity contribution is 0.127. The summed E-state index contributed by atoms with van der Waals surface area (Å²) in [5, 5.41) is 12.7. The first-order valence-corrected chi connectivity index (χ1v) is 8.31. The van der Waals surface area contributed by atoms with Crippen LogP contribution in [-0.2, 0) is 4.74 Å². The Morgan fingerprint density at radius 1 is 1.33 bits per heavy atom. The average molecular weight is 359 g/mol. The number of nitrogens with zero attached hydrogens (tertiary/aromatic N) is 1. The zero-order valence-electron chi connectivity index (χ0n) is 13.0. The van der Waals surface area contributed by atoms with Crippen LogP contribution in [0.25, 0.3) is 0 Å². The average Bonchev–Trinajstić information content (AvgIpc) is 2.48. The second kappa shape index (κ2) is 11.2. The van der Waals surface area contributed by atoms with E-state index in [9.17, 15) is 0 Å². The third kappa shape index (κ3) is 7.38. The zero-order chi connectivity index (χ0) is 15.5. The van der Waals surface area contributed by atoms with Gasteiger partial charge in [0.25, 0.3) is 0 Å². The molecule has 0 aliphatic heterocycles. The smallest absolute Gasteiger partial charge is 0.0589 e. The molecule has 5 heteroatoms. The van der Waals surface area contributed by atoms with Gasteiger partial charge in [0.15, 0.2) is 0 Å². The highest BCUT2D eigenvalue weighted by atomic mass is 79.9. The number of halogens is 1. The van der Waals surface area contributed by atoms with Crippen LogP contribution in [0.5, 0.6) is 0 Å². The third-order valence-electron chi connectivity index (χ3n) is 3.46. The van der Waals surface area contributed by atoms with Gasteiger partial charge in [0, 0.05) is 37.3 Å². The van der Waals surface area contributed by atoms with Crippen LogP contribution in [0.2, 0.25) is 0 Å². The van der Waals surface area contributed by atoms with Crippen LogP contribution in [0.3, 0.4) is 0 Å². The first-order chi connectivity index (χ1) is 10.2. The Labute approximate surface area is 136 Å². The van der Waals surface area contributed by atoms with E-state index in [0.29, 0.717) is 19.2 Å². The Bertz CT molecular complexity index is 390. The highest BCUT2D eigenvalue weighted by Crippen LogP contribution is 2.21. The molecule has 1 atom stereocenters. The lowest BCUT2D eigenvalue weighted by Crippen LogP contribution is -2.34. The molecule has 1 rings (SSSR count). The lowest BCUT2D eigenvalue weighted by Gasteiger charge is -2.25. The Balaban J connectivity index is 2.60. The Hall–Kier alpha value is -0.460. The van der Waals surface area contributed by atoms with Gasteiger partial charge < -0.3 is 15.2 Å². The standard InChI is InChI=1S/C16H27BrN2O2/c1-3-18-16(14-5-4-6-15(17)13-14)7-8-19(9-11-20)10-12-21-2/h4-6,13,16,18,20H,3,7-12H2,1-2H3. The normalized spacial score (nSPS) is 12.8. The van der Waals surface area contributed by atoms with Gasteiger partial charge in [-0.05, 0) is 30.7 Å². The van der Waals surface area contributed by atoms with Crippen molar-refractivity contribution < 1.29 is 9.84 Å². The van der Waals surface area contributed by atoms with Gasteiger partial charge in [-0.15, -0.1) is 0 Å². The van der Waals surface area contributed by atoms with E-state index in [-0.39, 0.29) is 6.61 Å². The minimum atomic E-state index is 0.187. The van der Waals surface area contributed by atoms with Crippen LogP contribution < -0.4 is 5.32 Å². The summed E-state index contributed by atoms with van der Waals surface area (Å²) in [7, 11) is 1.71. The predicted molar refractivity (Wildman–Crippen MR) is 90.6 cm³/mol. The van der Waals surface area contributed by atoms with Crippen molar-refractivity contribution in [3.63, 3.8) is 0 Å². The Morgan fingerprint density at radius 3 is 2.76 bits per heavy atom. The summed E-state index contributed by atoms with van der Waals surface area (Å²) in [6.45, 7) is 6.44. The van der Waals surface area contributed by atoms with Crippen molar-refractivity contribution in [3.8, 4) is 0 Å². The second-order valence-corrected chi connectivity index (χ2v) is 5.93. The van der Waals surface area contributed by atoms with Crippen LogP contribution in [-0.4, -0.2) is 56.5 Å². The fourth-order valence-corrected chi connectivity index (χ4v) is 2.78. The molecular formula is C16H27BrN2O2. The number of hydrogen-bond acceptors (Lipinski definition) is 4. The maximum Gasteiger partial charge on any atom is 0.0589 e.